The number of benzene rings is 4. The molecular weight excluding hydrogens is 436 g/mol. The van der Waals surface area contributed by atoms with Gasteiger partial charge in [-0.1, -0.05) is 24.3 Å². The van der Waals surface area contributed by atoms with Gasteiger partial charge in [-0.3, -0.25) is 9.98 Å². The molecule has 0 amide bonds. The molecule has 1 saturated heterocycles. The van der Waals surface area contributed by atoms with Crippen molar-refractivity contribution in [1.82, 2.24) is 0 Å². The molecule has 0 spiro atoms. The van der Waals surface area contributed by atoms with Crippen LogP contribution in [0.25, 0.3) is 11.1 Å². The first-order valence-corrected chi connectivity index (χ1v) is 11.5. The highest BCUT2D eigenvalue weighted by molar-refractivity contribution is 5.83. The average molecular weight is 463 g/mol. The van der Waals surface area contributed by atoms with E-state index in [-0.39, 0.29) is 6.10 Å². The van der Waals surface area contributed by atoms with Crippen LogP contribution in [-0.2, 0) is 4.74 Å². The Morgan fingerprint density at radius 2 is 1.14 bits per heavy atom. The maximum absolute atomic E-state index is 5.67. The zero-order valence-electron chi connectivity index (χ0n) is 19.5. The van der Waals surface area contributed by atoms with Gasteiger partial charge in [0.1, 0.15) is 24.2 Å². The number of epoxide rings is 1. The monoisotopic (exact) mass is 462 g/mol. The van der Waals surface area contributed by atoms with Gasteiger partial charge in [0.15, 0.2) is 0 Å². The largest absolute Gasteiger partial charge is 0.497 e. The second-order valence-corrected chi connectivity index (χ2v) is 8.22. The van der Waals surface area contributed by atoms with Crippen LogP contribution in [0, 0.1) is 0 Å². The maximum Gasteiger partial charge on any atom is 0.119 e. The third-order valence-electron chi connectivity index (χ3n) is 5.63. The molecule has 0 aliphatic carbocycles. The highest BCUT2D eigenvalue weighted by Gasteiger charge is 2.22. The van der Waals surface area contributed by atoms with Gasteiger partial charge in [-0.2, -0.15) is 0 Å². The van der Waals surface area contributed by atoms with Crippen molar-refractivity contribution in [3.05, 3.63) is 108 Å². The van der Waals surface area contributed by atoms with Crippen LogP contribution in [0.15, 0.2) is 107 Å². The number of nitrogens with zero attached hydrogens (tertiary/aromatic N) is 2. The molecule has 5 nitrogen and oxygen atoms in total. The van der Waals surface area contributed by atoms with Crippen LogP contribution >= 0.6 is 0 Å². The van der Waals surface area contributed by atoms with Crippen molar-refractivity contribution in [2.24, 2.45) is 9.98 Å². The van der Waals surface area contributed by atoms with Crippen molar-refractivity contribution in [3.8, 4) is 22.6 Å². The zero-order chi connectivity index (χ0) is 23.9. The lowest BCUT2D eigenvalue weighted by Crippen LogP contribution is -2.03. The molecule has 35 heavy (non-hydrogen) atoms. The second kappa shape index (κ2) is 10.8. The van der Waals surface area contributed by atoms with Gasteiger partial charge < -0.3 is 14.2 Å². The minimum Gasteiger partial charge on any atom is -0.497 e. The molecule has 1 fully saturated rings. The lowest BCUT2D eigenvalue weighted by atomic mass is 10.1. The van der Waals surface area contributed by atoms with Crippen LogP contribution < -0.4 is 9.47 Å². The summed E-state index contributed by atoms with van der Waals surface area (Å²) in [5.41, 5.74) is 6.13. The van der Waals surface area contributed by atoms with Crippen LogP contribution in [0.2, 0.25) is 0 Å². The van der Waals surface area contributed by atoms with Gasteiger partial charge in [-0.15, -0.1) is 0 Å². The maximum atomic E-state index is 5.67. The van der Waals surface area contributed by atoms with E-state index < -0.39 is 0 Å². The van der Waals surface area contributed by atoms with Crippen molar-refractivity contribution >= 4 is 23.8 Å². The van der Waals surface area contributed by atoms with Crippen molar-refractivity contribution in [2.75, 3.05) is 20.3 Å². The Bertz CT molecular complexity index is 1290. The van der Waals surface area contributed by atoms with E-state index in [1.807, 2.05) is 85.2 Å². The van der Waals surface area contributed by atoms with E-state index >= 15 is 0 Å². The van der Waals surface area contributed by atoms with Gasteiger partial charge in [-0.25, -0.2) is 0 Å². The van der Waals surface area contributed by atoms with E-state index in [0.717, 1.165) is 51.7 Å². The summed E-state index contributed by atoms with van der Waals surface area (Å²) in [6.07, 6.45) is 3.97. The van der Waals surface area contributed by atoms with Gasteiger partial charge >= 0.3 is 0 Å². The summed E-state index contributed by atoms with van der Waals surface area (Å²) in [6, 6.07) is 32.1. The summed E-state index contributed by atoms with van der Waals surface area (Å²) in [5, 5.41) is 0. The number of methoxy groups -OCH3 is 1. The fourth-order valence-electron chi connectivity index (χ4n) is 3.47. The van der Waals surface area contributed by atoms with E-state index in [0.29, 0.717) is 6.61 Å². The molecule has 1 heterocycles. The van der Waals surface area contributed by atoms with Gasteiger partial charge in [0.05, 0.1) is 25.1 Å². The Morgan fingerprint density at radius 1 is 0.686 bits per heavy atom. The third kappa shape index (κ3) is 6.43. The normalized spacial score (nSPS) is 14.9. The zero-order valence-corrected chi connectivity index (χ0v) is 19.5. The summed E-state index contributed by atoms with van der Waals surface area (Å²) in [7, 11) is 1.66. The average Bonchev–Trinajstić information content (AvgIpc) is 3.76. The molecule has 0 radical (unpaired) electrons. The highest BCUT2D eigenvalue weighted by atomic mass is 16.6. The molecule has 0 saturated carbocycles. The molecule has 174 valence electrons. The molecule has 1 aliphatic heterocycles. The summed E-state index contributed by atoms with van der Waals surface area (Å²) in [5.74, 6) is 1.68. The van der Waals surface area contributed by atoms with E-state index in [4.69, 9.17) is 14.2 Å². The smallest absolute Gasteiger partial charge is 0.119 e. The molecule has 4 aromatic carbocycles. The van der Waals surface area contributed by atoms with Crippen LogP contribution in [0.4, 0.5) is 11.4 Å². The molecule has 4 aromatic rings. The summed E-state index contributed by atoms with van der Waals surface area (Å²) in [6.45, 7) is 1.41. The van der Waals surface area contributed by atoms with Crippen LogP contribution in [0.1, 0.15) is 11.1 Å². The molecule has 0 aromatic heterocycles. The van der Waals surface area contributed by atoms with E-state index in [9.17, 15) is 0 Å². The highest BCUT2D eigenvalue weighted by Crippen LogP contribution is 2.25. The molecule has 1 unspecified atom stereocenters. The number of hydrogen-bond acceptors (Lipinski definition) is 5. The first-order valence-electron chi connectivity index (χ1n) is 11.5. The number of ether oxygens (including phenoxy) is 3. The van der Waals surface area contributed by atoms with Crippen LogP contribution in [-0.4, -0.2) is 38.9 Å². The topological polar surface area (TPSA) is 55.7 Å². The first kappa shape index (κ1) is 22.6. The van der Waals surface area contributed by atoms with E-state index in [2.05, 4.69) is 34.3 Å². The Morgan fingerprint density at radius 3 is 1.57 bits per heavy atom. The van der Waals surface area contributed by atoms with E-state index in [1.165, 1.54) is 0 Å². The van der Waals surface area contributed by atoms with Crippen molar-refractivity contribution < 1.29 is 14.2 Å². The number of hydrogen-bond donors (Lipinski definition) is 0. The molecule has 1 atom stereocenters. The Balaban J connectivity index is 1.17. The minimum absolute atomic E-state index is 0.260. The minimum atomic E-state index is 0.260. The summed E-state index contributed by atoms with van der Waals surface area (Å²) < 4.78 is 16.0. The number of aliphatic imine (C=N–C) groups is 2. The van der Waals surface area contributed by atoms with Gasteiger partial charge in [-0.05, 0) is 95.1 Å². The van der Waals surface area contributed by atoms with Gasteiger partial charge in [0.25, 0.3) is 0 Å². The number of rotatable bonds is 9. The van der Waals surface area contributed by atoms with Gasteiger partial charge in [0.2, 0.25) is 0 Å². The van der Waals surface area contributed by atoms with E-state index in [1.54, 1.807) is 7.11 Å². The molecule has 0 N–H and O–H groups in total. The molecule has 1 aliphatic rings. The van der Waals surface area contributed by atoms with Crippen LogP contribution in [0.3, 0.4) is 0 Å². The van der Waals surface area contributed by atoms with Gasteiger partial charge in [0, 0.05) is 12.4 Å². The van der Waals surface area contributed by atoms with Crippen molar-refractivity contribution in [3.63, 3.8) is 0 Å². The Labute approximate surface area is 205 Å². The fourth-order valence-corrected chi connectivity index (χ4v) is 3.47. The summed E-state index contributed by atoms with van der Waals surface area (Å²) in [4.78, 5) is 9.15. The van der Waals surface area contributed by atoms with Crippen molar-refractivity contribution in [2.45, 2.75) is 6.10 Å². The quantitative estimate of drug-likeness (QED) is 0.207. The summed E-state index contributed by atoms with van der Waals surface area (Å²) >= 11 is 0. The van der Waals surface area contributed by atoms with Crippen molar-refractivity contribution in [1.29, 1.82) is 0 Å². The molecular formula is C30H26N2O3. The first-order chi connectivity index (χ1) is 17.2. The SMILES string of the molecule is COc1ccc(C=Nc2ccc(-c3ccc(N=Cc4ccc(OCC5CO5)cc4)cc3)cc2)cc1. The third-order valence-corrected chi connectivity index (χ3v) is 5.63. The van der Waals surface area contributed by atoms with Crippen LogP contribution in [0.5, 0.6) is 11.5 Å². The predicted molar refractivity (Wildman–Crippen MR) is 141 cm³/mol. The predicted octanol–water partition coefficient (Wildman–Crippen LogP) is 6.64. The lowest BCUT2D eigenvalue weighted by Gasteiger charge is -2.04. The Kier molecular flexibility index (Phi) is 6.97. The Hall–Kier alpha value is -4.22. The second-order valence-electron chi connectivity index (χ2n) is 8.22. The standard InChI is InChI=1S/C30H26N2O3/c1-33-28-14-2-22(3-15-28)18-31-26-10-6-24(7-11-26)25-8-12-27(13-9-25)32-19-23-4-16-29(17-5-23)34-20-30-21-35-30/h2-19,30H,20-21H2,1H3. The lowest BCUT2D eigenvalue weighted by molar-refractivity contribution is 0.263. The molecule has 5 heteroatoms. The fraction of sp³-hybridized carbons (Fsp3) is 0.133. The molecule has 0 bridgehead atoms. The molecule has 5 rings (SSSR count).